The van der Waals surface area contributed by atoms with Crippen LogP contribution in [0, 0.1) is 5.82 Å². The van der Waals surface area contributed by atoms with Crippen molar-refractivity contribution in [3.05, 3.63) is 69.5 Å². The molecule has 32 heavy (non-hydrogen) atoms. The fourth-order valence-electron chi connectivity index (χ4n) is 4.22. The fourth-order valence-corrected chi connectivity index (χ4v) is 4.81. The maximum atomic E-state index is 13.4. The number of carbonyl (C=O) groups is 2. The Morgan fingerprint density at radius 3 is 2.31 bits per heavy atom. The molecule has 1 aliphatic carbocycles. The minimum atomic E-state index is -0.745. The molecule has 2 amide bonds. The van der Waals surface area contributed by atoms with Gasteiger partial charge in [-0.1, -0.05) is 41.4 Å². The number of halogens is 3. The third-order valence-electron chi connectivity index (χ3n) is 6.40. The molecule has 1 atom stereocenters. The van der Waals surface area contributed by atoms with Gasteiger partial charge in [0.15, 0.2) is 0 Å². The van der Waals surface area contributed by atoms with Crippen molar-refractivity contribution in [3.8, 4) is 0 Å². The minimum absolute atomic E-state index is 0.117. The normalized spacial score (nSPS) is 18.8. The highest BCUT2D eigenvalue weighted by Gasteiger charge is 2.53. The molecule has 1 saturated heterocycles. The monoisotopic (exact) mass is 477 g/mol. The molecule has 2 aromatic rings. The molecule has 2 fully saturated rings. The molecule has 1 N–H and O–H groups in total. The second kappa shape index (κ2) is 9.38. The molecule has 2 aliphatic rings. The summed E-state index contributed by atoms with van der Waals surface area (Å²) in [6.45, 7) is 2.79. The van der Waals surface area contributed by atoms with Gasteiger partial charge >= 0.3 is 0 Å². The number of nitrogens with one attached hydrogen (secondary N) is 1. The van der Waals surface area contributed by atoms with Crippen LogP contribution in [-0.2, 0) is 21.4 Å². The highest BCUT2D eigenvalue weighted by atomic mass is 35.5. The summed E-state index contributed by atoms with van der Waals surface area (Å²) in [4.78, 5) is 30.8. The van der Waals surface area contributed by atoms with Gasteiger partial charge in [0.1, 0.15) is 11.9 Å². The van der Waals surface area contributed by atoms with E-state index in [1.807, 2.05) is 7.05 Å². The van der Waals surface area contributed by atoms with Crippen molar-refractivity contribution in [2.45, 2.75) is 30.7 Å². The smallest absolute Gasteiger partial charge is 0.245 e. The average Bonchev–Trinajstić information content (AvgIpc) is 3.56. The molecule has 0 aromatic heterocycles. The molecule has 170 valence electrons. The molecule has 0 spiro atoms. The lowest BCUT2D eigenvalue weighted by molar-refractivity contribution is -0.138. The van der Waals surface area contributed by atoms with Crippen molar-refractivity contribution in [2.24, 2.45) is 0 Å². The third kappa shape index (κ3) is 4.92. The molecular weight excluding hydrogens is 452 g/mol. The number of carbonyl (C=O) groups excluding carboxylic acids is 2. The molecule has 1 heterocycles. The van der Waals surface area contributed by atoms with Crippen molar-refractivity contribution < 1.29 is 14.0 Å². The van der Waals surface area contributed by atoms with Crippen LogP contribution in [0.2, 0.25) is 10.0 Å². The number of rotatable bonds is 6. The van der Waals surface area contributed by atoms with Crippen molar-refractivity contribution in [3.63, 3.8) is 0 Å². The molecule has 4 rings (SSSR count). The largest absolute Gasteiger partial charge is 0.343 e. The van der Waals surface area contributed by atoms with E-state index in [4.69, 9.17) is 23.2 Å². The first-order valence-corrected chi connectivity index (χ1v) is 11.5. The predicted octanol–water partition coefficient (Wildman–Crippen LogP) is 3.67. The number of amides is 2. The van der Waals surface area contributed by atoms with Crippen LogP contribution in [0.3, 0.4) is 0 Å². The summed E-state index contributed by atoms with van der Waals surface area (Å²) in [5.74, 6) is -0.667. The minimum Gasteiger partial charge on any atom is -0.343 e. The van der Waals surface area contributed by atoms with Gasteiger partial charge in [-0.05, 0) is 55.3 Å². The Hall–Kier alpha value is -2.15. The molecule has 0 radical (unpaired) electrons. The highest BCUT2D eigenvalue weighted by molar-refractivity contribution is 6.35. The number of hydrogen-bond donors (Lipinski definition) is 1. The Morgan fingerprint density at radius 1 is 1.06 bits per heavy atom. The zero-order valence-corrected chi connectivity index (χ0v) is 19.4. The Labute approximate surface area is 197 Å². The molecule has 0 unspecified atom stereocenters. The van der Waals surface area contributed by atoms with Crippen LogP contribution in [0.4, 0.5) is 4.39 Å². The fraction of sp³-hybridized carbons (Fsp3) is 0.417. The van der Waals surface area contributed by atoms with Gasteiger partial charge in [0.2, 0.25) is 11.8 Å². The van der Waals surface area contributed by atoms with Crippen LogP contribution < -0.4 is 5.32 Å². The molecule has 2 aromatic carbocycles. The Kier molecular flexibility index (Phi) is 6.75. The van der Waals surface area contributed by atoms with Crippen LogP contribution in [-0.4, -0.2) is 60.9 Å². The molecule has 5 nitrogen and oxygen atoms in total. The Balaban J connectivity index is 1.55. The molecular formula is C24H26Cl2FN3O2. The molecule has 0 bridgehead atoms. The summed E-state index contributed by atoms with van der Waals surface area (Å²) in [5, 5.41) is 3.96. The van der Waals surface area contributed by atoms with E-state index < -0.39 is 11.5 Å². The summed E-state index contributed by atoms with van der Waals surface area (Å²) in [6, 6.07) is 10.4. The quantitative estimate of drug-likeness (QED) is 0.690. The predicted molar refractivity (Wildman–Crippen MR) is 123 cm³/mol. The molecule has 1 aliphatic heterocycles. The number of benzene rings is 2. The molecule has 1 saturated carbocycles. The highest BCUT2D eigenvalue weighted by Crippen LogP contribution is 2.51. The van der Waals surface area contributed by atoms with Gasteiger partial charge in [-0.2, -0.15) is 0 Å². The zero-order chi connectivity index (χ0) is 22.9. The van der Waals surface area contributed by atoms with E-state index in [9.17, 15) is 14.0 Å². The van der Waals surface area contributed by atoms with Crippen molar-refractivity contribution in [1.82, 2.24) is 15.1 Å². The lowest BCUT2D eigenvalue weighted by Crippen LogP contribution is -2.56. The summed E-state index contributed by atoms with van der Waals surface area (Å²) >= 11 is 12.4. The van der Waals surface area contributed by atoms with Crippen LogP contribution in [0.1, 0.15) is 24.0 Å². The van der Waals surface area contributed by atoms with Gasteiger partial charge < -0.3 is 15.1 Å². The Morgan fingerprint density at radius 2 is 1.72 bits per heavy atom. The van der Waals surface area contributed by atoms with E-state index in [1.54, 1.807) is 35.2 Å². The van der Waals surface area contributed by atoms with Gasteiger partial charge in [0.05, 0.1) is 5.41 Å². The van der Waals surface area contributed by atoms with Gasteiger partial charge in [-0.15, -0.1) is 0 Å². The van der Waals surface area contributed by atoms with Crippen molar-refractivity contribution >= 4 is 35.0 Å². The van der Waals surface area contributed by atoms with Gasteiger partial charge in [0.25, 0.3) is 0 Å². The van der Waals surface area contributed by atoms with Gasteiger partial charge in [0, 0.05) is 42.6 Å². The first-order chi connectivity index (χ1) is 15.3. The maximum absolute atomic E-state index is 13.4. The van der Waals surface area contributed by atoms with E-state index in [0.29, 0.717) is 42.4 Å². The average molecular weight is 478 g/mol. The van der Waals surface area contributed by atoms with Crippen molar-refractivity contribution in [2.75, 3.05) is 33.2 Å². The van der Waals surface area contributed by atoms with E-state index in [0.717, 1.165) is 24.2 Å². The number of nitrogens with zero attached hydrogens (tertiary/aromatic N) is 2. The van der Waals surface area contributed by atoms with E-state index in [2.05, 4.69) is 10.2 Å². The van der Waals surface area contributed by atoms with Crippen LogP contribution in [0.5, 0.6) is 0 Å². The Bertz CT molecular complexity index is 1000. The van der Waals surface area contributed by atoms with Crippen LogP contribution in [0.25, 0.3) is 0 Å². The van der Waals surface area contributed by atoms with Gasteiger partial charge in [-0.3, -0.25) is 9.59 Å². The van der Waals surface area contributed by atoms with Gasteiger partial charge in [-0.25, -0.2) is 4.39 Å². The number of piperazine rings is 1. The first-order valence-electron chi connectivity index (χ1n) is 10.8. The summed E-state index contributed by atoms with van der Waals surface area (Å²) in [5.41, 5.74) is 0.771. The van der Waals surface area contributed by atoms with E-state index in [-0.39, 0.29) is 17.6 Å². The first kappa shape index (κ1) is 23.0. The topological polar surface area (TPSA) is 52.6 Å². The summed E-state index contributed by atoms with van der Waals surface area (Å²) < 4.78 is 13.4. The van der Waals surface area contributed by atoms with Crippen LogP contribution in [0.15, 0.2) is 42.5 Å². The lowest BCUT2D eigenvalue weighted by atomic mass is 9.93. The standard InChI is InChI=1S/C24H26Cl2FN3O2/c1-29-10-12-30(13-11-29)22(31)21(14-16-2-5-18(27)6-3-16)28-23(32)24(8-9-24)19-7-4-17(25)15-20(19)26/h2-7,15,21H,8-14H2,1H3,(H,28,32)/t21-/m0/s1. The maximum Gasteiger partial charge on any atom is 0.245 e. The van der Waals surface area contributed by atoms with E-state index >= 15 is 0 Å². The number of hydrogen-bond acceptors (Lipinski definition) is 3. The SMILES string of the molecule is CN1CCN(C(=O)[C@H](Cc2ccc(F)cc2)NC(=O)C2(c3ccc(Cl)cc3Cl)CC2)CC1. The second-order valence-corrected chi connectivity index (χ2v) is 9.54. The summed E-state index contributed by atoms with van der Waals surface area (Å²) in [7, 11) is 2.02. The zero-order valence-electron chi connectivity index (χ0n) is 17.9. The molecule has 8 heteroatoms. The van der Waals surface area contributed by atoms with E-state index in [1.165, 1.54) is 12.1 Å². The number of likely N-dealkylation sites (N-methyl/N-ethyl adjacent to an activating group) is 1. The second-order valence-electron chi connectivity index (χ2n) is 8.69. The van der Waals surface area contributed by atoms with Crippen molar-refractivity contribution in [1.29, 1.82) is 0 Å². The van der Waals surface area contributed by atoms with Crippen LogP contribution >= 0.6 is 23.2 Å². The third-order valence-corrected chi connectivity index (χ3v) is 6.95. The lowest BCUT2D eigenvalue weighted by Gasteiger charge is -2.35. The summed E-state index contributed by atoms with van der Waals surface area (Å²) in [6.07, 6.45) is 1.61.